The molecular formula is C13H16F3NS. The minimum atomic E-state index is -2.27. The molecule has 1 aromatic rings. The topological polar surface area (TPSA) is 3.24 Å². The molecule has 0 radical (unpaired) electrons. The van der Waals surface area contributed by atoms with E-state index in [1.165, 1.54) is 12.1 Å². The van der Waals surface area contributed by atoms with Gasteiger partial charge in [-0.15, -0.1) is 0 Å². The minimum Gasteiger partial charge on any atom is -0.243 e. The van der Waals surface area contributed by atoms with Crippen molar-refractivity contribution in [2.75, 3.05) is 12.8 Å². The van der Waals surface area contributed by atoms with Crippen molar-refractivity contribution in [2.24, 2.45) is 5.92 Å². The van der Waals surface area contributed by atoms with Crippen LogP contribution in [0.2, 0.25) is 0 Å². The third kappa shape index (κ3) is 3.01. The summed E-state index contributed by atoms with van der Waals surface area (Å²) >= 11 is 1.56. The normalized spacial score (nSPS) is 25.6. The maximum Gasteiger partial charge on any atom is 0.241 e. The van der Waals surface area contributed by atoms with Crippen molar-refractivity contribution in [2.45, 2.75) is 25.3 Å². The zero-order chi connectivity index (χ0) is 13.1. The van der Waals surface area contributed by atoms with Crippen LogP contribution in [-0.4, -0.2) is 23.5 Å². The molecule has 0 saturated carbocycles. The zero-order valence-electron chi connectivity index (χ0n) is 10.2. The van der Waals surface area contributed by atoms with Crippen LogP contribution in [0.3, 0.4) is 0 Å². The molecule has 0 spiro atoms. The molecule has 2 atom stereocenters. The van der Waals surface area contributed by atoms with Gasteiger partial charge in [0.25, 0.3) is 0 Å². The summed E-state index contributed by atoms with van der Waals surface area (Å²) in [4.78, 5) is 0. The molecule has 5 heteroatoms. The maximum absolute atomic E-state index is 12.9. The van der Waals surface area contributed by atoms with Gasteiger partial charge in [0.1, 0.15) is 5.82 Å². The van der Waals surface area contributed by atoms with Gasteiger partial charge in [-0.05, 0) is 36.8 Å². The lowest BCUT2D eigenvalue weighted by Gasteiger charge is -2.38. The number of piperidine rings is 1. The minimum absolute atomic E-state index is 0.0478. The lowest BCUT2D eigenvalue weighted by molar-refractivity contribution is 0.0348. The predicted molar refractivity (Wildman–Crippen MR) is 68.1 cm³/mol. The van der Waals surface area contributed by atoms with E-state index in [2.05, 4.69) is 4.31 Å². The van der Waals surface area contributed by atoms with Gasteiger partial charge in [-0.3, -0.25) is 0 Å². The number of rotatable bonds is 3. The number of alkyl halides is 2. The summed E-state index contributed by atoms with van der Waals surface area (Å²) in [7, 11) is 0. The highest BCUT2D eigenvalue weighted by Crippen LogP contribution is 2.39. The van der Waals surface area contributed by atoms with Gasteiger partial charge in [-0.25, -0.2) is 17.5 Å². The van der Waals surface area contributed by atoms with Crippen LogP contribution in [0, 0.1) is 11.7 Å². The van der Waals surface area contributed by atoms with Crippen molar-refractivity contribution in [3.8, 4) is 0 Å². The first-order chi connectivity index (χ1) is 8.61. The van der Waals surface area contributed by atoms with Crippen LogP contribution in [0.25, 0.3) is 0 Å². The molecule has 0 aromatic heterocycles. The quantitative estimate of drug-likeness (QED) is 0.763. The highest BCUT2D eigenvalue weighted by molar-refractivity contribution is 7.96. The summed E-state index contributed by atoms with van der Waals surface area (Å²) in [5.41, 5.74) is 0.913. The first kappa shape index (κ1) is 13.7. The van der Waals surface area contributed by atoms with Gasteiger partial charge in [0, 0.05) is 18.5 Å². The van der Waals surface area contributed by atoms with Crippen molar-refractivity contribution in [1.29, 1.82) is 0 Å². The molecule has 1 nitrogen and oxygen atoms in total. The second-order valence-electron chi connectivity index (χ2n) is 4.51. The number of hydrogen-bond donors (Lipinski definition) is 0. The molecule has 0 bridgehead atoms. The molecule has 1 fully saturated rings. The summed E-state index contributed by atoms with van der Waals surface area (Å²) in [6, 6.07) is 6.11. The lowest BCUT2D eigenvalue weighted by atomic mass is 9.89. The average molecular weight is 275 g/mol. The summed E-state index contributed by atoms with van der Waals surface area (Å²) in [6.07, 6.45) is 0.636. The average Bonchev–Trinajstić information content (AvgIpc) is 2.39. The van der Waals surface area contributed by atoms with E-state index in [4.69, 9.17) is 0 Å². The fourth-order valence-electron chi connectivity index (χ4n) is 2.41. The van der Waals surface area contributed by atoms with Crippen LogP contribution in [0.4, 0.5) is 13.2 Å². The molecule has 0 unspecified atom stereocenters. The van der Waals surface area contributed by atoms with Crippen molar-refractivity contribution < 1.29 is 13.2 Å². The number of nitrogens with zero attached hydrogens (tertiary/aromatic N) is 1. The molecule has 1 heterocycles. The molecule has 1 aliphatic heterocycles. The van der Waals surface area contributed by atoms with Crippen molar-refractivity contribution in [3.05, 3.63) is 35.6 Å². The fourth-order valence-corrected chi connectivity index (χ4v) is 3.16. The molecular weight excluding hydrogens is 259 g/mol. The molecule has 100 valence electrons. The van der Waals surface area contributed by atoms with Crippen LogP contribution in [-0.2, 0) is 0 Å². The Bertz CT molecular complexity index is 382. The maximum atomic E-state index is 12.9. The first-order valence-electron chi connectivity index (χ1n) is 5.96. The van der Waals surface area contributed by atoms with Crippen LogP contribution in [0.5, 0.6) is 0 Å². The summed E-state index contributed by atoms with van der Waals surface area (Å²) < 4.78 is 40.6. The third-order valence-electron chi connectivity index (χ3n) is 3.44. The van der Waals surface area contributed by atoms with Crippen LogP contribution < -0.4 is 0 Å². The Hall–Kier alpha value is -0.680. The van der Waals surface area contributed by atoms with E-state index in [0.29, 0.717) is 19.4 Å². The van der Waals surface area contributed by atoms with Gasteiger partial charge in [0.15, 0.2) is 0 Å². The Kier molecular flexibility index (Phi) is 4.56. The van der Waals surface area contributed by atoms with E-state index in [9.17, 15) is 13.2 Å². The van der Waals surface area contributed by atoms with Crippen molar-refractivity contribution in [3.63, 3.8) is 0 Å². The van der Waals surface area contributed by atoms with Crippen LogP contribution in [0.15, 0.2) is 24.3 Å². The largest absolute Gasteiger partial charge is 0.243 e. The van der Waals surface area contributed by atoms with E-state index in [1.807, 2.05) is 6.26 Å². The SMILES string of the molecule is CSN1CC[C@@H](C(F)F)C[C@H]1c1ccc(F)cc1. The Morgan fingerprint density at radius 1 is 1.28 bits per heavy atom. The van der Waals surface area contributed by atoms with E-state index >= 15 is 0 Å². The summed E-state index contributed by atoms with van der Waals surface area (Å²) in [6.45, 7) is 0.651. The van der Waals surface area contributed by atoms with Crippen molar-refractivity contribution in [1.82, 2.24) is 4.31 Å². The Balaban J connectivity index is 2.18. The second-order valence-corrected chi connectivity index (χ2v) is 5.34. The highest BCUT2D eigenvalue weighted by atomic mass is 32.2. The standard InChI is InChI=1S/C13H16F3NS/c1-18-17-7-6-10(13(15)16)8-12(17)9-2-4-11(14)5-3-9/h2-5,10,12-13H,6-8H2,1H3/t10-,12+/m1/s1. The zero-order valence-corrected chi connectivity index (χ0v) is 11.0. The first-order valence-corrected chi connectivity index (χ1v) is 7.14. The van der Waals surface area contributed by atoms with E-state index < -0.39 is 12.3 Å². The molecule has 0 amide bonds. The third-order valence-corrected chi connectivity index (χ3v) is 4.35. The van der Waals surface area contributed by atoms with Gasteiger partial charge in [0.2, 0.25) is 6.43 Å². The summed E-state index contributed by atoms with van der Waals surface area (Å²) in [5, 5.41) is 0. The number of halogens is 3. The monoisotopic (exact) mass is 275 g/mol. The van der Waals surface area contributed by atoms with Crippen molar-refractivity contribution >= 4 is 11.9 Å². The van der Waals surface area contributed by atoms with Crippen LogP contribution >= 0.6 is 11.9 Å². The molecule has 2 rings (SSSR count). The Morgan fingerprint density at radius 3 is 2.50 bits per heavy atom. The number of benzene rings is 1. The molecule has 18 heavy (non-hydrogen) atoms. The predicted octanol–water partition coefficient (Wildman–Crippen LogP) is 4.12. The van der Waals surface area contributed by atoms with Gasteiger partial charge >= 0.3 is 0 Å². The molecule has 1 aliphatic rings. The molecule has 0 aliphatic carbocycles. The van der Waals surface area contributed by atoms with Gasteiger partial charge in [-0.2, -0.15) is 0 Å². The Morgan fingerprint density at radius 2 is 1.94 bits per heavy atom. The Labute approximate surface area is 109 Å². The van der Waals surface area contributed by atoms with E-state index in [-0.39, 0.29) is 11.9 Å². The van der Waals surface area contributed by atoms with Gasteiger partial charge < -0.3 is 0 Å². The van der Waals surface area contributed by atoms with Gasteiger partial charge in [0.05, 0.1) is 0 Å². The highest BCUT2D eigenvalue weighted by Gasteiger charge is 2.33. The van der Waals surface area contributed by atoms with Crippen LogP contribution in [0.1, 0.15) is 24.4 Å². The molecule has 0 N–H and O–H groups in total. The number of hydrogen-bond acceptors (Lipinski definition) is 2. The molecule has 1 saturated heterocycles. The van der Waals surface area contributed by atoms with Gasteiger partial charge in [-0.1, -0.05) is 24.1 Å². The second kappa shape index (κ2) is 5.97. The van der Waals surface area contributed by atoms with E-state index in [1.54, 1.807) is 24.1 Å². The molecule has 1 aromatic carbocycles. The fraction of sp³-hybridized carbons (Fsp3) is 0.538. The lowest BCUT2D eigenvalue weighted by Crippen LogP contribution is -2.34. The van der Waals surface area contributed by atoms with E-state index in [0.717, 1.165) is 5.56 Å². The smallest absolute Gasteiger partial charge is 0.241 e. The summed E-state index contributed by atoms with van der Waals surface area (Å²) in [5.74, 6) is -0.848.